The molecule has 0 saturated carbocycles. The maximum absolute atomic E-state index is 11.9. The summed E-state index contributed by atoms with van der Waals surface area (Å²) in [5, 5.41) is 2.81. The van der Waals surface area contributed by atoms with Gasteiger partial charge >= 0.3 is 0 Å². The van der Waals surface area contributed by atoms with Crippen LogP contribution in [-0.2, 0) is 4.79 Å². The Labute approximate surface area is 142 Å². The van der Waals surface area contributed by atoms with Gasteiger partial charge in [0.1, 0.15) is 11.6 Å². The van der Waals surface area contributed by atoms with Crippen molar-refractivity contribution in [1.29, 1.82) is 0 Å². The predicted octanol–water partition coefficient (Wildman–Crippen LogP) is 3.34. The highest BCUT2D eigenvalue weighted by molar-refractivity contribution is 5.91. The Balaban J connectivity index is 1.51. The fourth-order valence-electron chi connectivity index (χ4n) is 2.91. The highest BCUT2D eigenvalue weighted by Gasteiger charge is 2.17. The number of nitrogens with one attached hydrogen (secondary N) is 1. The minimum atomic E-state index is -0.194. The second-order valence-electron chi connectivity index (χ2n) is 6.25. The fraction of sp³-hybridized carbons (Fsp3) is 0.368. The standard InChI is InChI=1S/C19H23N3O2/c1-15-6-5-11-22(13-15)18-10-9-16(12-20-18)21-19(23)14-24-17-7-3-2-4-8-17/h2-4,7-10,12,15H,5-6,11,13-14H2,1H3,(H,21,23). The maximum Gasteiger partial charge on any atom is 0.262 e. The summed E-state index contributed by atoms with van der Waals surface area (Å²) in [5.41, 5.74) is 0.686. The van der Waals surface area contributed by atoms with Crippen LogP contribution in [0.25, 0.3) is 0 Å². The van der Waals surface area contributed by atoms with Crippen LogP contribution in [-0.4, -0.2) is 30.6 Å². The lowest BCUT2D eigenvalue weighted by atomic mass is 10.0. The van der Waals surface area contributed by atoms with Crippen LogP contribution in [0.4, 0.5) is 11.5 Å². The van der Waals surface area contributed by atoms with E-state index in [1.54, 1.807) is 6.20 Å². The molecule has 0 spiro atoms. The third-order valence-corrected chi connectivity index (χ3v) is 4.13. The van der Waals surface area contributed by atoms with Crippen LogP contribution in [0, 0.1) is 5.92 Å². The highest BCUT2D eigenvalue weighted by Crippen LogP contribution is 2.22. The van der Waals surface area contributed by atoms with Crippen LogP contribution in [0.5, 0.6) is 5.75 Å². The van der Waals surface area contributed by atoms with Crippen molar-refractivity contribution in [3.05, 3.63) is 48.7 Å². The Morgan fingerprint density at radius 1 is 1.29 bits per heavy atom. The molecule has 1 aromatic carbocycles. The Morgan fingerprint density at radius 2 is 2.12 bits per heavy atom. The molecule has 1 amide bonds. The number of carbonyl (C=O) groups is 1. The first-order valence-electron chi connectivity index (χ1n) is 8.39. The molecule has 3 rings (SSSR count). The van der Waals surface area contributed by atoms with E-state index in [2.05, 4.69) is 22.1 Å². The van der Waals surface area contributed by atoms with E-state index in [0.717, 1.165) is 18.9 Å². The lowest BCUT2D eigenvalue weighted by molar-refractivity contribution is -0.118. The van der Waals surface area contributed by atoms with E-state index >= 15 is 0 Å². The maximum atomic E-state index is 11.9. The van der Waals surface area contributed by atoms with Crippen LogP contribution < -0.4 is 15.0 Å². The summed E-state index contributed by atoms with van der Waals surface area (Å²) in [6.07, 6.45) is 4.19. The molecule has 1 atom stereocenters. The van der Waals surface area contributed by atoms with Crippen molar-refractivity contribution in [2.75, 3.05) is 29.9 Å². The van der Waals surface area contributed by atoms with E-state index in [9.17, 15) is 4.79 Å². The molecule has 1 aliphatic rings. The molecule has 0 radical (unpaired) electrons. The lowest BCUT2D eigenvalue weighted by Crippen LogP contribution is -2.34. The van der Waals surface area contributed by atoms with Gasteiger partial charge in [0.2, 0.25) is 0 Å². The van der Waals surface area contributed by atoms with Gasteiger partial charge in [0.25, 0.3) is 5.91 Å². The number of piperidine rings is 1. The van der Waals surface area contributed by atoms with Crippen LogP contribution in [0.3, 0.4) is 0 Å². The average molecular weight is 325 g/mol. The smallest absolute Gasteiger partial charge is 0.262 e. The number of aromatic nitrogens is 1. The Morgan fingerprint density at radius 3 is 2.83 bits per heavy atom. The second-order valence-corrected chi connectivity index (χ2v) is 6.25. The Bertz CT molecular complexity index is 658. The van der Waals surface area contributed by atoms with Crippen LogP contribution >= 0.6 is 0 Å². The van der Waals surface area contributed by atoms with Crippen molar-refractivity contribution < 1.29 is 9.53 Å². The molecule has 1 aliphatic heterocycles. The molecule has 0 aliphatic carbocycles. The number of nitrogens with zero attached hydrogens (tertiary/aromatic N) is 2. The van der Waals surface area contributed by atoms with Crippen molar-refractivity contribution in [2.24, 2.45) is 5.92 Å². The van der Waals surface area contributed by atoms with Gasteiger partial charge in [0.15, 0.2) is 6.61 Å². The number of rotatable bonds is 5. The molecule has 1 fully saturated rings. The molecular formula is C19H23N3O2. The zero-order valence-electron chi connectivity index (χ0n) is 13.9. The molecule has 24 heavy (non-hydrogen) atoms. The Kier molecular flexibility index (Phi) is 5.31. The molecular weight excluding hydrogens is 302 g/mol. The van der Waals surface area contributed by atoms with Gasteiger partial charge in [-0.25, -0.2) is 4.98 Å². The number of benzene rings is 1. The van der Waals surface area contributed by atoms with E-state index in [1.165, 1.54) is 12.8 Å². The highest BCUT2D eigenvalue weighted by atomic mass is 16.5. The minimum absolute atomic E-state index is 0.0184. The zero-order valence-corrected chi connectivity index (χ0v) is 13.9. The average Bonchev–Trinajstić information content (AvgIpc) is 2.61. The topological polar surface area (TPSA) is 54.5 Å². The molecule has 5 nitrogen and oxygen atoms in total. The molecule has 2 aromatic rings. The fourth-order valence-corrected chi connectivity index (χ4v) is 2.91. The Hall–Kier alpha value is -2.56. The molecule has 1 unspecified atom stereocenters. The van der Waals surface area contributed by atoms with Gasteiger partial charge in [-0.1, -0.05) is 25.1 Å². The first-order chi connectivity index (χ1) is 11.7. The largest absolute Gasteiger partial charge is 0.484 e. The summed E-state index contributed by atoms with van der Waals surface area (Å²) < 4.78 is 5.43. The third-order valence-electron chi connectivity index (χ3n) is 4.13. The predicted molar refractivity (Wildman–Crippen MR) is 95.4 cm³/mol. The molecule has 5 heteroatoms. The van der Waals surface area contributed by atoms with Crippen molar-refractivity contribution in [3.63, 3.8) is 0 Å². The van der Waals surface area contributed by atoms with E-state index in [1.807, 2.05) is 42.5 Å². The third kappa shape index (κ3) is 4.47. The molecule has 126 valence electrons. The van der Waals surface area contributed by atoms with Crippen molar-refractivity contribution in [3.8, 4) is 5.75 Å². The summed E-state index contributed by atoms with van der Waals surface area (Å²) in [7, 11) is 0. The molecule has 1 saturated heterocycles. The minimum Gasteiger partial charge on any atom is -0.484 e. The van der Waals surface area contributed by atoms with E-state index in [-0.39, 0.29) is 12.5 Å². The van der Waals surface area contributed by atoms with Crippen molar-refractivity contribution in [1.82, 2.24) is 4.98 Å². The van der Waals surface area contributed by atoms with Gasteiger partial charge in [-0.15, -0.1) is 0 Å². The van der Waals surface area contributed by atoms with Gasteiger partial charge < -0.3 is 15.0 Å². The monoisotopic (exact) mass is 325 g/mol. The summed E-state index contributed by atoms with van der Waals surface area (Å²) in [5.74, 6) is 2.16. The number of ether oxygens (including phenoxy) is 1. The molecule has 2 heterocycles. The van der Waals surface area contributed by atoms with Gasteiger partial charge in [0, 0.05) is 13.1 Å². The molecule has 1 aromatic heterocycles. The summed E-state index contributed by atoms with van der Waals surface area (Å²) >= 11 is 0. The van der Waals surface area contributed by atoms with Crippen molar-refractivity contribution >= 4 is 17.4 Å². The van der Waals surface area contributed by atoms with Gasteiger partial charge in [-0.05, 0) is 43.0 Å². The number of hydrogen-bond donors (Lipinski definition) is 1. The zero-order chi connectivity index (χ0) is 16.8. The van der Waals surface area contributed by atoms with E-state index in [4.69, 9.17) is 4.74 Å². The first-order valence-corrected chi connectivity index (χ1v) is 8.39. The van der Waals surface area contributed by atoms with Crippen molar-refractivity contribution in [2.45, 2.75) is 19.8 Å². The van der Waals surface area contributed by atoms with Crippen LogP contribution in [0.1, 0.15) is 19.8 Å². The SMILES string of the molecule is CC1CCCN(c2ccc(NC(=O)COc3ccccc3)cn2)C1. The quantitative estimate of drug-likeness (QED) is 0.916. The normalized spacial score (nSPS) is 17.4. The van der Waals surface area contributed by atoms with E-state index < -0.39 is 0 Å². The number of anilines is 2. The number of amides is 1. The number of carbonyl (C=O) groups excluding carboxylic acids is 1. The summed E-state index contributed by atoms with van der Waals surface area (Å²) in [4.78, 5) is 18.7. The number of para-hydroxylation sites is 1. The van der Waals surface area contributed by atoms with Gasteiger partial charge in [-0.3, -0.25) is 4.79 Å². The second kappa shape index (κ2) is 7.81. The first kappa shape index (κ1) is 16.3. The summed E-state index contributed by atoms with van der Waals surface area (Å²) in [6.45, 7) is 4.35. The van der Waals surface area contributed by atoms with Crippen LogP contribution in [0.15, 0.2) is 48.7 Å². The molecule has 1 N–H and O–H groups in total. The lowest BCUT2D eigenvalue weighted by Gasteiger charge is -2.31. The van der Waals surface area contributed by atoms with Gasteiger partial charge in [-0.2, -0.15) is 0 Å². The van der Waals surface area contributed by atoms with Gasteiger partial charge in [0.05, 0.1) is 11.9 Å². The molecule has 0 bridgehead atoms. The van der Waals surface area contributed by atoms with E-state index in [0.29, 0.717) is 17.4 Å². The number of hydrogen-bond acceptors (Lipinski definition) is 4. The summed E-state index contributed by atoms with van der Waals surface area (Å²) in [6, 6.07) is 13.2. The van der Waals surface area contributed by atoms with Crippen LogP contribution in [0.2, 0.25) is 0 Å². The number of pyridine rings is 1.